The maximum absolute atomic E-state index is 13.3. The number of benzene rings is 1. The fraction of sp³-hybridized carbons (Fsp3) is 0.227. The molecule has 3 aromatic heterocycles. The molecule has 32 heavy (non-hydrogen) atoms. The first-order chi connectivity index (χ1) is 15.6. The van der Waals surface area contributed by atoms with Crippen LogP contribution in [0, 0.1) is 6.92 Å². The summed E-state index contributed by atoms with van der Waals surface area (Å²) in [7, 11) is 0. The average Bonchev–Trinajstić information content (AvgIpc) is 3.49. The second kappa shape index (κ2) is 8.43. The zero-order valence-corrected chi connectivity index (χ0v) is 18.1. The third kappa shape index (κ3) is 3.71. The van der Waals surface area contributed by atoms with Crippen molar-refractivity contribution in [3.8, 4) is 17.1 Å². The van der Waals surface area contributed by atoms with E-state index in [-0.39, 0.29) is 5.91 Å². The average molecular weight is 450 g/mol. The normalized spacial score (nSPS) is 14.1. The molecule has 4 heterocycles. The van der Waals surface area contributed by atoms with E-state index in [4.69, 9.17) is 16.1 Å². The Balaban J connectivity index is 1.30. The van der Waals surface area contributed by atoms with Crippen LogP contribution < -0.4 is 4.90 Å². The maximum Gasteiger partial charge on any atom is 0.259 e. The van der Waals surface area contributed by atoms with E-state index in [1.54, 1.807) is 23.9 Å². The van der Waals surface area contributed by atoms with Gasteiger partial charge in [0.25, 0.3) is 5.91 Å². The van der Waals surface area contributed by atoms with E-state index in [0.29, 0.717) is 59.6 Å². The van der Waals surface area contributed by atoms with Crippen molar-refractivity contribution >= 4 is 23.3 Å². The molecule has 0 radical (unpaired) electrons. The number of carbonyl (C=O) groups is 1. The van der Waals surface area contributed by atoms with E-state index in [0.717, 1.165) is 5.82 Å². The highest BCUT2D eigenvalue weighted by Gasteiger charge is 2.29. The van der Waals surface area contributed by atoms with Gasteiger partial charge in [-0.1, -0.05) is 35.0 Å². The van der Waals surface area contributed by atoms with Crippen LogP contribution in [0.5, 0.6) is 0 Å². The third-order valence-corrected chi connectivity index (χ3v) is 5.80. The highest BCUT2D eigenvalue weighted by atomic mass is 35.5. The lowest BCUT2D eigenvalue weighted by Gasteiger charge is -2.35. The summed E-state index contributed by atoms with van der Waals surface area (Å²) < 4.78 is 7.02. The molecular weight excluding hydrogens is 430 g/mol. The second-order valence-electron chi connectivity index (χ2n) is 7.42. The van der Waals surface area contributed by atoms with Crippen LogP contribution in [0.4, 0.5) is 5.82 Å². The van der Waals surface area contributed by atoms with Gasteiger partial charge in [0.15, 0.2) is 11.6 Å². The van der Waals surface area contributed by atoms with Gasteiger partial charge in [0.1, 0.15) is 17.0 Å². The van der Waals surface area contributed by atoms with Crippen molar-refractivity contribution < 1.29 is 9.32 Å². The molecule has 0 bridgehead atoms. The number of halogens is 1. The molecule has 1 amide bonds. The lowest BCUT2D eigenvalue weighted by molar-refractivity contribution is 0.0745. The van der Waals surface area contributed by atoms with Gasteiger partial charge >= 0.3 is 0 Å². The largest absolute Gasteiger partial charge is 0.360 e. The molecule has 1 fully saturated rings. The van der Waals surface area contributed by atoms with Crippen molar-refractivity contribution in [1.29, 1.82) is 0 Å². The lowest BCUT2D eigenvalue weighted by Crippen LogP contribution is -2.49. The standard InChI is InChI=1S/C22H20ClN7O2/c1-15-20(21(27-32-15)16-5-2-3-6-17(16)23)22(31)29-13-11-28(12-14-29)18-7-8-19(26-25-18)30-10-4-9-24-30/h2-10H,11-14H2,1H3. The van der Waals surface area contributed by atoms with Gasteiger partial charge in [-0.05, 0) is 31.2 Å². The number of hydrogen-bond acceptors (Lipinski definition) is 7. The minimum atomic E-state index is -0.113. The van der Waals surface area contributed by atoms with E-state index < -0.39 is 0 Å². The molecule has 162 valence electrons. The van der Waals surface area contributed by atoms with Crippen molar-refractivity contribution in [3.05, 3.63) is 71.2 Å². The van der Waals surface area contributed by atoms with Gasteiger partial charge in [-0.2, -0.15) is 5.10 Å². The first kappa shape index (κ1) is 20.2. The predicted molar refractivity (Wildman–Crippen MR) is 119 cm³/mol. The number of hydrogen-bond donors (Lipinski definition) is 0. The number of aryl methyl sites for hydroxylation is 1. The molecule has 5 rings (SSSR count). The highest BCUT2D eigenvalue weighted by Crippen LogP contribution is 2.32. The summed E-state index contributed by atoms with van der Waals surface area (Å²) in [6, 6.07) is 12.9. The van der Waals surface area contributed by atoms with Gasteiger partial charge in [0.05, 0.1) is 5.02 Å². The third-order valence-electron chi connectivity index (χ3n) is 5.47. The molecule has 0 unspecified atom stereocenters. The van der Waals surface area contributed by atoms with Gasteiger partial charge in [0, 0.05) is 44.1 Å². The fourth-order valence-electron chi connectivity index (χ4n) is 3.77. The van der Waals surface area contributed by atoms with E-state index in [1.807, 2.05) is 47.5 Å². The minimum Gasteiger partial charge on any atom is -0.360 e. The Morgan fingerprint density at radius 3 is 2.44 bits per heavy atom. The zero-order valence-electron chi connectivity index (χ0n) is 17.3. The lowest BCUT2D eigenvalue weighted by atomic mass is 10.0. The van der Waals surface area contributed by atoms with Crippen LogP contribution in [0.1, 0.15) is 16.1 Å². The van der Waals surface area contributed by atoms with Crippen LogP contribution >= 0.6 is 11.6 Å². The number of aromatic nitrogens is 5. The number of amides is 1. The minimum absolute atomic E-state index is 0.113. The summed E-state index contributed by atoms with van der Waals surface area (Å²) in [4.78, 5) is 17.3. The Bertz CT molecular complexity index is 1230. The van der Waals surface area contributed by atoms with E-state index in [1.165, 1.54) is 0 Å². The molecule has 9 nitrogen and oxygen atoms in total. The zero-order chi connectivity index (χ0) is 22.1. The monoisotopic (exact) mass is 449 g/mol. The summed E-state index contributed by atoms with van der Waals surface area (Å²) in [5.74, 6) is 1.79. The molecule has 4 aromatic rings. The molecule has 0 spiro atoms. The molecular formula is C22H20ClN7O2. The van der Waals surface area contributed by atoms with Gasteiger partial charge < -0.3 is 14.3 Å². The van der Waals surface area contributed by atoms with Crippen LogP contribution in [0.15, 0.2) is 59.4 Å². The number of nitrogens with zero attached hydrogens (tertiary/aromatic N) is 7. The van der Waals surface area contributed by atoms with E-state index >= 15 is 0 Å². The number of anilines is 1. The fourth-order valence-corrected chi connectivity index (χ4v) is 4.00. The Hall–Kier alpha value is -3.72. The van der Waals surface area contributed by atoms with E-state index in [9.17, 15) is 4.79 Å². The quantitative estimate of drug-likeness (QED) is 0.472. The van der Waals surface area contributed by atoms with Gasteiger partial charge in [-0.25, -0.2) is 4.68 Å². The van der Waals surface area contributed by atoms with Gasteiger partial charge in [0.2, 0.25) is 0 Å². The Labute approximate surface area is 189 Å². The first-order valence-corrected chi connectivity index (χ1v) is 10.6. The van der Waals surface area contributed by atoms with E-state index in [2.05, 4.69) is 25.4 Å². The summed E-state index contributed by atoms with van der Waals surface area (Å²) in [5, 5.41) is 17.4. The summed E-state index contributed by atoms with van der Waals surface area (Å²) in [6.07, 6.45) is 3.51. The molecule has 1 saturated heterocycles. The number of rotatable bonds is 4. The van der Waals surface area contributed by atoms with Crippen molar-refractivity contribution in [3.63, 3.8) is 0 Å². The van der Waals surface area contributed by atoms with Crippen LogP contribution in [-0.2, 0) is 0 Å². The van der Waals surface area contributed by atoms with Crippen molar-refractivity contribution in [2.75, 3.05) is 31.1 Å². The Morgan fingerprint density at radius 2 is 1.75 bits per heavy atom. The second-order valence-corrected chi connectivity index (χ2v) is 7.83. The number of carbonyl (C=O) groups excluding carboxylic acids is 1. The van der Waals surface area contributed by atoms with Crippen LogP contribution in [-0.4, -0.2) is 62.1 Å². The van der Waals surface area contributed by atoms with Crippen molar-refractivity contribution in [1.82, 2.24) is 30.0 Å². The molecule has 0 atom stereocenters. The molecule has 0 N–H and O–H groups in total. The molecule has 10 heteroatoms. The SMILES string of the molecule is Cc1onc(-c2ccccc2Cl)c1C(=O)N1CCN(c2ccc(-n3cccn3)nn2)CC1. The molecule has 0 saturated carbocycles. The smallest absolute Gasteiger partial charge is 0.259 e. The summed E-state index contributed by atoms with van der Waals surface area (Å²) >= 11 is 6.33. The maximum atomic E-state index is 13.3. The van der Waals surface area contributed by atoms with Crippen LogP contribution in [0.2, 0.25) is 5.02 Å². The molecule has 1 aliphatic rings. The Kier molecular flexibility index (Phi) is 5.32. The highest BCUT2D eigenvalue weighted by molar-refractivity contribution is 6.33. The topological polar surface area (TPSA) is 93.2 Å². The van der Waals surface area contributed by atoms with Crippen LogP contribution in [0.25, 0.3) is 17.1 Å². The van der Waals surface area contributed by atoms with Gasteiger partial charge in [-0.3, -0.25) is 4.79 Å². The summed E-state index contributed by atoms with van der Waals surface area (Å²) in [6.45, 7) is 4.14. The van der Waals surface area contributed by atoms with Crippen molar-refractivity contribution in [2.45, 2.75) is 6.92 Å². The summed E-state index contributed by atoms with van der Waals surface area (Å²) in [5.41, 5.74) is 1.61. The van der Waals surface area contributed by atoms with Crippen LogP contribution in [0.3, 0.4) is 0 Å². The van der Waals surface area contributed by atoms with Crippen molar-refractivity contribution in [2.24, 2.45) is 0 Å². The van der Waals surface area contributed by atoms with Gasteiger partial charge in [-0.15, -0.1) is 10.2 Å². The Morgan fingerprint density at radius 1 is 1.00 bits per heavy atom. The first-order valence-electron chi connectivity index (χ1n) is 10.2. The predicted octanol–water partition coefficient (Wildman–Crippen LogP) is 3.24. The molecule has 1 aliphatic heterocycles. The molecule has 1 aromatic carbocycles. The number of piperazine rings is 1. The molecule has 0 aliphatic carbocycles.